The van der Waals surface area contributed by atoms with Crippen molar-refractivity contribution in [3.05, 3.63) is 134 Å². The molecule has 0 aliphatic rings. The topological polar surface area (TPSA) is 79.5 Å². The molecule has 0 aliphatic carbocycles. The van der Waals surface area contributed by atoms with E-state index in [1.54, 1.807) is 0 Å². The predicted octanol–water partition coefficient (Wildman–Crippen LogP) is 7.76. The molecule has 6 aromatic heterocycles. The minimum atomic E-state index is 0.709. The summed E-state index contributed by atoms with van der Waals surface area (Å²) in [6.07, 6.45) is 7.40. The van der Waals surface area contributed by atoms with E-state index in [1.165, 1.54) is 0 Å². The largest absolute Gasteiger partial charge is 0.457 e. The highest BCUT2D eigenvalue weighted by Gasteiger charge is 2.19. The molecule has 0 atom stereocenters. The second kappa shape index (κ2) is 9.01. The summed E-state index contributed by atoms with van der Waals surface area (Å²) in [7, 11) is 0. The van der Waals surface area contributed by atoms with E-state index in [-0.39, 0.29) is 0 Å². The van der Waals surface area contributed by atoms with E-state index in [0.717, 1.165) is 67.1 Å². The number of nitrogens with zero attached hydrogens (tertiary/aromatic N) is 8. The molecule has 0 unspecified atom stereocenters. The minimum absolute atomic E-state index is 0.709. The molecule has 0 amide bonds. The molecule has 4 aromatic carbocycles. The maximum atomic E-state index is 6.51. The van der Waals surface area contributed by atoms with Crippen LogP contribution in [0.15, 0.2) is 134 Å². The summed E-state index contributed by atoms with van der Waals surface area (Å²) >= 11 is 0. The normalized spacial score (nSPS) is 12.0. The van der Waals surface area contributed by atoms with Crippen LogP contribution in [0.1, 0.15) is 0 Å². The summed E-state index contributed by atoms with van der Waals surface area (Å²) in [5.41, 5.74) is 9.87. The first-order valence-corrected chi connectivity index (χ1v) is 14.6. The molecule has 212 valence electrons. The van der Waals surface area contributed by atoms with Gasteiger partial charge in [-0.3, -0.25) is 27.9 Å². The van der Waals surface area contributed by atoms with Crippen LogP contribution in [0.25, 0.3) is 67.1 Å². The Balaban J connectivity index is 1.09. The van der Waals surface area contributed by atoms with Gasteiger partial charge in [-0.05, 0) is 60.7 Å². The van der Waals surface area contributed by atoms with Gasteiger partial charge in [0, 0.05) is 24.5 Å². The number of imidazole rings is 4. The zero-order valence-corrected chi connectivity index (χ0v) is 23.7. The molecule has 0 N–H and O–H groups in total. The van der Waals surface area contributed by atoms with Gasteiger partial charge in [-0.2, -0.15) is 0 Å². The average Bonchev–Trinajstić information content (AvgIpc) is 3.81. The molecule has 10 rings (SSSR count). The molecule has 9 nitrogen and oxygen atoms in total. The second-order valence-electron chi connectivity index (χ2n) is 11.0. The molecular formula is C36H22N8O. The zero-order valence-electron chi connectivity index (χ0n) is 23.7. The summed E-state index contributed by atoms with van der Waals surface area (Å²) < 4.78 is 15.1. The molecule has 10 aromatic rings. The van der Waals surface area contributed by atoms with E-state index in [2.05, 4.69) is 52.2 Å². The Bertz CT molecular complexity index is 2570. The molecule has 9 heteroatoms. The van der Waals surface area contributed by atoms with Crippen LogP contribution < -0.4 is 4.74 Å². The zero-order chi connectivity index (χ0) is 29.5. The van der Waals surface area contributed by atoms with Crippen molar-refractivity contribution in [1.29, 1.82) is 0 Å². The minimum Gasteiger partial charge on any atom is -0.457 e. The van der Waals surface area contributed by atoms with Crippen LogP contribution in [-0.4, -0.2) is 37.9 Å². The Morgan fingerprint density at radius 2 is 0.933 bits per heavy atom. The van der Waals surface area contributed by atoms with Crippen LogP contribution in [0.4, 0.5) is 0 Å². The van der Waals surface area contributed by atoms with Crippen molar-refractivity contribution < 1.29 is 4.74 Å². The summed E-state index contributed by atoms with van der Waals surface area (Å²) in [5, 5.41) is 0. The van der Waals surface area contributed by atoms with Crippen LogP contribution in [0.2, 0.25) is 0 Å². The van der Waals surface area contributed by atoms with Gasteiger partial charge in [0.05, 0.1) is 67.9 Å². The number of benzene rings is 4. The van der Waals surface area contributed by atoms with E-state index >= 15 is 0 Å². The van der Waals surface area contributed by atoms with E-state index in [9.17, 15) is 0 Å². The lowest BCUT2D eigenvalue weighted by Crippen LogP contribution is -1.97. The number of pyridine rings is 2. The number of ether oxygens (including phenoxy) is 1. The molecule has 0 bridgehead atoms. The van der Waals surface area contributed by atoms with Gasteiger partial charge >= 0.3 is 0 Å². The average molecular weight is 583 g/mol. The fourth-order valence-corrected chi connectivity index (χ4v) is 6.51. The molecular weight excluding hydrogens is 560 g/mol. The van der Waals surface area contributed by atoms with E-state index < -0.39 is 0 Å². The van der Waals surface area contributed by atoms with Gasteiger partial charge in [-0.15, -0.1) is 0 Å². The first-order chi connectivity index (χ1) is 22.3. The first kappa shape index (κ1) is 24.0. The van der Waals surface area contributed by atoms with Crippen molar-refractivity contribution in [2.75, 3.05) is 0 Å². The number of hydrogen-bond acceptors (Lipinski definition) is 5. The monoisotopic (exact) mass is 582 g/mol. The molecule has 0 spiro atoms. The molecule has 0 aliphatic heterocycles. The van der Waals surface area contributed by atoms with Crippen molar-refractivity contribution in [2.45, 2.75) is 0 Å². The van der Waals surface area contributed by atoms with Crippen LogP contribution in [-0.2, 0) is 0 Å². The fourth-order valence-electron chi connectivity index (χ4n) is 6.51. The maximum Gasteiger partial charge on any atom is 0.220 e. The summed E-state index contributed by atoms with van der Waals surface area (Å²) in [6.45, 7) is 0. The molecule has 0 saturated heterocycles. The number of aromatic nitrogens is 8. The van der Waals surface area contributed by atoms with E-state index in [4.69, 9.17) is 14.7 Å². The van der Waals surface area contributed by atoms with Gasteiger partial charge in [0.25, 0.3) is 0 Å². The van der Waals surface area contributed by atoms with Crippen LogP contribution in [0, 0.1) is 0 Å². The Morgan fingerprint density at radius 1 is 0.444 bits per heavy atom. The third-order valence-corrected chi connectivity index (χ3v) is 8.39. The van der Waals surface area contributed by atoms with E-state index in [1.807, 2.05) is 110 Å². The van der Waals surface area contributed by atoms with Crippen LogP contribution in [0.3, 0.4) is 0 Å². The van der Waals surface area contributed by atoms with Crippen molar-refractivity contribution >= 4 is 55.7 Å². The summed E-state index contributed by atoms with van der Waals surface area (Å²) in [5.74, 6) is 3.06. The Labute approximate surface area is 254 Å². The molecule has 45 heavy (non-hydrogen) atoms. The SMILES string of the molecule is c1cc(Oc2cccc(-n3c4cnccc4n4c5ccccc5nc34)c2)cc(-n2c3cnccc3n3c4ccccc4nc23)c1. The Hall–Kier alpha value is -6.48. The van der Waals surface area contributed by atoms with Gasteiger partial charge in [0.15, 0.2) is 0 Å². The predicted molar refractivity (Wildman–Crippen MR) is 175 cm³/mol. The standard InChI is InChI=1S/C36H22N8O/c1-3-13-29-27(11-1)39-35-41(33-21-37-17-15-31(33)43(29)35)23-7-5-9-25(19-23)45-26-10-6-8-24(20-26)42-34-22-38-18-16-32(34)44-30-14-4-2-12-28(30)40-36(42)44/h1-22H. The fraction of sp³-hybridized carbons (Fsp3) is 0. The van der Waals surface area contributed by atoms with Gasteiger partial charge in [-0.25, -0.2) is 9.97 Å². The maximum absolute atomic E-state index is 6.51. The molecule has 0 saturated carbocycles. The van der Waals surface area contributed by atoms with Gasteiger partial charge in [0.1, 0.15) is 11.5 Å². The Kier molecular flexibility index (Phi) is 4.81. The number of fused-ring (bicyclic) bond motifs is 10. The van der Waals surface area contributed by atoms with Gasteiger partial charge < -0.3 is 4.74 Å². The summed E-state index contributed by atoms with van der Waals surface area (Å²) in [4.78, 5) is 18.8. The summed E-state index contributed by atoms with van der Waals surface area (Å²) in [6, 6.07) is 36.5. The highest BCUT2D eigenvalue weighted by atomic mass is 16.5. The first-order valence-electron chi connectivity index (χ1n) is 14.6. The number of para-hydroxylation sites is 4. The molecule has 6 heterocycles. The van der Waals surface area contributed by atoms with Crippen molar-refractivity contribution in [3.63, 3.8) is 0 Å². The van der Waals surface area contributed by atoms with Gasteiger partial charge in [0.2, 0.25) is 11.6 Å². The highest BCUT2D eigenvalue weighted by molar-refractivity contribution is 5.93. The lowest BCUT2D eigenvalue weighted by Gasteiger charge is -2.11. The lowest BCUT2D eigenvalue weighted by atomic mass is 10.2. The Morgan fingerprint density at radius 3 is 1.44 bits per heavy atom. The van der Waals surface area contributed by atoms with E-state index in [0.29, 0.717) is 11.5 Å². The molecule has 0 fully saturated rings. The van der Waals surface area contributed by atoms with Crippen molar-refractivity contribution in [3.8, 4) is 22.9 Å². The van der Waals surface area contributed by atoms with Crippen LogP contribution >= 0.6 is 0 Å². The molecule has 0 radical (unpaired) electrons. The second-order valence-corrected chi connectivity index (χ2v) is 11.0. The third-order valence-electron chi connectivity index (χ3n) is 8.39. The third kappa shape index (κ3) is 3.43. The quantitative estimate of drug-likeness (QED) is 0.212. The smallest absolute Gasteiger partial charge is 0.220 e. The van der Waals surface area contributed by atoms with Crippen molar-refractivity contribution in [1.82, 2.24) is 37.9 Å². The number of hydrogen-bond donors (Lipinski definition) is 0. The van der Waals surface area contributed by atoms with Gasteiger partial charge in [-0.1, -0.05) is 36.4 Å². The van der Waals surface area contributed by atoms with Crippen LogP contribution in [0.5, 0.6) is 11.5 Å². The van der Waals surface area contributed by atoms with Crippen molar-refractivity contribution in [2.24, 2.45) is 0 Å². The highest BCUT2D eigenvalue weighted by Crippen LogP contribution is 2.33. The number of rotatable bonds is 4. The lowest BCUT2D eigenvalue weighted by molar-refractivity contribution is 0.482.